The molecule has 1 heterocycles. The first-order valence-electron chi connectivity index (χ1n) is 8.18. The molecule has 0 saturated carbocycles. The van der Waals surface area contributed by atoms with Gasteiger partial charge < -0.3 is 19.8 Å². The molecule has 3 aromatic rings. The molecule has 134 valence electrons. The summed E-state index contributed by atoms with van der Waals surface area (Å²) in [6, 6.07) is 14.7. The molecular formula is C19H20N4O3. The zero-order chi connectivity index (χ0) is 18.5. The van der Waals surface area contributed by atoms with Crippen LogP contribution >= 0.6 is 0 Å². The van der Waals surface area contributed by atoms with E-state index in [1.165, 1.54) is 6.92 Å². The number of nitrogens with one attached hydrogen (secondary N) is 2. The van der Waals surface area contributed by atoms with E-state index in [0.29, 0.717) is 28.9 Å². The highest BCUT2D eigenvalue weighted by Gasteiger charge is 2.17. The first-order valence-corrected chi connectivity index (χ1v) is 8.18. The van der Waals surface area contributed by atoms with E-state index in [0.717, 1.165) is 5.56 Å². The minimum Gasteiger partial charge on any atom is -0.495 e. The Bertz CT molecular complexity index is 893. The number of hydrogen-bond donors (Lipinski definition) is 2. The van der Waals surface area contributed by atoms with Crippen molar-refractivity contribution in [1.82, 2.24) is 10.2 Å². The Kier molecular flexibility index (Phi) is 5.17. The lowest BCUT2D eigenvalue weighted by Gasteiger charge is -2.16. The van der Waals surface area contributed by atoms with E-state index in [4.69, 9.17) is 9.15 Å². The van der Waals surface area contributed by atoms with Gasteiger partial charge in [-0.2, -0.15) is 0 Å². The van der Waals surface area contributed by atoms with Crippen molar-refractivity contribution in [3.05, 3.63) is 54.4 Å². The fourth-order valence-electron chi connectivity index (χ4n) is 2.50. The second-order valence-electron chi connectivity index (χ2n) is 5.77. The Hall–Kier alpha value is -3.35. The van der Waals surface area contributed by atoms with Crippen molar-refractivity contribution in [1.29, 1.82) is 0 Å². The zero-order valence-electron chi connectivity index (χ0n) is 14.8. The topological polar surface area (TPSA) is 89.3 Å². The Morgan fingerprint density at radius 2 is 1.92 bits per heavy atom. The number of rotatable bonds is 6. The monoisotopic (exact) mass is 352 g/mol. The Morgan fingerprint density at radius 3 is 2.62 bits per heavy atom. The van der Waals surface area contributed by atoms with Gasteiger partial charge in [-0.25, -0.2) is 0 Å². The predicted molar refractivity (Wildman–Crippen MR) is 99.1 cm³/mol. The predicted octanol–water partition coefficient (Wildman–Crippen LogP) is 3.88. The molecule has 2 aromatic carbocycles. The lowest BCUT2D eigenvalue weighted by molar-refractivity contribution is -0.114. The first-order chi connectivity index (χ1) is 12.6. The maximum absolute atomic E-state index is 11.3. The summed E-state index contributed by atoms with van der Waals surface area (Å²) in [5.74, 6) is 1.43. The molecule has 0 aliphatic carbocycles. The summed E-state index contributed by atoms with van der Waals surface area (Å²) in [5.41, 5.74) is 2.25. The van der Waals surface area contributed by atoms with E-state index in [1.54, 1.807) is 25.3 Å². The number of carbonyl (C=O) groups is 1. The van der Waals surface area contributed by atoms with E-state index in [-0.39, 0.29) is 11.9 Å². The SMILES string of the molecule is COc1ccc(NC(C)=O)cc1NC(C)c1nnc(-c2ccccc2)o1. The van der Waals surface area contributed by atoms with Crippen molar-refractivity contribution < 1.29 is 13.9 Å². The third kappa shape index (κ3) is 4.00. The zero-order valence-corrected chi connectivity index (χ0v) is 14.8. The molecule has 2 N–H and O–H groups in total. The Morgan fingerprint density at radius 1 is 1.15 bits per heavy atom. The van der Waals surface area contributed by atoms with Crippen LogP contribution in [0.15, 0.2) is 52.9 Å². The van der Waals surface area contributed by atoms with E-state index in [2.05, 4.69) is 20.8 Å². The number of ether oxygens (including phenoxy) is 1. The summed E-state index contributed by atoms with van der Waals surface area (Å²) in [6.45, 7) is 3.37. The Balaban J connectivity index is 1.80. The van der Waals surface area contributed by atoms with E-state index < -0.39 is 0 Å². The molecule has 1 unspecified atom stereocenters. The highest BCUT2D eigenvalue weighted by atomic mass is 16.5. The molecule has 3 rings (SSSR count). The molecule has 1 amide bonds. The van der Waals surface area contributed by atoms with Crippen molar-refractivity contribution in [2.45, 2.75) is 19.9 Å². The summed E-state index contributed by atoms with van der Waals surface area (Å²) in [6.07, 6.45) is 0. The number of nitrogens with zero attached hydrogens (tertiary/aromatic N) is 2. The average molecular weight is 352 g/mol. The van der Waals surface area contributed by atoms with Gasteiger partial charge in [-0.3, -0.25) is 4.79 Å². The number of anilines is 2. The highest BCUT2D eigenvalue weighted by Crippen LogP contribution is 2.31. The minimum absolute atomic E-state index is 0.140. The molecule has 0 saturated heterocycles. The third-order valence-electron chi connectivity index (χ3n) is 3.72. The summed E-state index contributed by atoms with van der Waals surface area (Å²) in [7, 11) is 1.59. The first kappa shape index (κ1) is 17.5. The molecule has 26 heavy (non-hydrogen) atoms. The van der Waals surface area contributed by atoms with Gasteiger partial charge in [0.1, 0.15) is 11.8 Å². The molecule has 0 aliphatic heterocycles. The quantitative estimate of drug-likeness (QED) is 0.700. The van der Waals surface area contributed by atoms with E-state index in [9.17, 15) is 4.79 Å². The van der Waals surface area contributed by atoms with Crippen LogP contribution in [0.3, 0.4) is 0 Å². The van der Waals surface area contributed by atoms with Crippen LogP contribution in [0, 0.1) is 0 Å². The minimum atomic E-state index is -0.249. The van der Waals surface area contributed by atoms with Gasteiger partial charge >= 0.3 is 0 Å². The molecule has 0 spiro atoms. The van der Waals surface area contributed by atoms with Crippen molar-refractivity contribution in [2.24, 2.45) is 0 Å². The number of aromatic nitrogens is 2. The number of benzene rings is 2. The van der Waals surface area contributed by atoms with Crippen LogP contribution in [-0.2, 0) is 4.79 Å². The molecule has 7 heteroatoms. The summed E-state index contributed by atoms with van der Waals surface area (Å²) in [5, 5.41) is 14.3. The molecule has 7 nitrogen and oxygen atoms in total. The summed E-state index contributed by atoms with van der Waals surface area (Å²) < 4.78 is 11.2. The van der Waals surface area contributed by atoms with Crippen molar-refractivity contribution in [3.63, 3.8) is 0 Å². The number of methoxy groups -OCH3 is 1. The second kappa shape index (κ2) is 7.69. The summed E-state index contributed by atoms with van der Waals surface area (Å²) >= 11 is 0. The average Bonchev–Trinajstić information content (AvgIpc) is 3.12. The number of amides is 1. The molecule has 0 fully saturated rings. The largest absolute Gasteiger partial charge is 0.495 e. The third-order valence-corrected chi connectivity index (χ3v) is 3.72. The van der Waals surface area contributed by atoms with Gasteiger partial charge in [-0.15, -0.1) is 10.2 Å². The van der Waals surface area contributed by atoms with Gasteiger partial charge in [0.25, 0.3) is 0 Å². The molecule has 1 atom stereocenters. The van der Waals surface area contributed by atoms with E-state index >= 15 is 0 Å². The second-order valence-corrected chi connectivity index (χ2v) is 5.77. The number of carbonyl (C=O) groups excluding carboxylic acids is 1. The number of hydrogen-bond acceptors (Lipinski definition) is 6. The van der Waals surface area contributed by atoms with E-state index in [1.807, 2.05) is 37.3 Å². The van der Waals surface area contributed by atoms with Crippen LogP contribution in [0.2, 0.25) is 0 Å². The van der Waals surface area contributed by atoms with Crippen molar-refractivity contribution >= 4 is 17.3 Å². The van der Waals surface area contributed by atoms with Crippen LogP contribution in [-0.4, -0.2) is 23.2 Å². The van der Waals surface area contributed by atoms with Crippen LogP contribution < -0.4 is 15.4 Å². The van der Waals surface area contributed by atoms with Crippen LogP contribution in [0.1, 0.15) is 25.8 Å². The van der Waals surface area contributed by atoms with Gasteiger partial charge in [-0.1, -0.05) is 18.2 Å². The van der Waals surface area contributed by atoms with Crippen LogP contribution in [0.5, 0.6) is 5.75 Å². The molecule has 1 aromatic heterocycles. The van der Waals surface area contributed by atoms with Crippen LogP contribution in [0.25, 0.3) is 11.5 Å². The standard InChI is InChI=1S/C19H20N4O3/c1-12(18-22-23-19(26-18)14-7-5-4-6-8-14)20-16-11-15(21-13(2)24)9-10-17(16)25-3/h4-12,20H,1-3H3,(H,21,24). The van der Waals surface area contributed by atoms with Gasteiger partial charge in [0.15, 0.2) is 0 Å². The molecule has 0 bridgehead atoms. The lowest BCUT2D eigenvalue weighted by atomic mass is 10.2. The van der Waals surface area contributed by atoms with Gasteiger partial charge in [0.05, 0.1) is 12.8 Å². The lowest BCUT2D eigenvalue weighted by Crippen LogP contribution is -2.10. The maximum atomic E-state index is 11.3. The molecule has 0 aliphatic rings. The van der Waals surface area contributed by atoms with Crippen molar-refractivity contribution in [2.75, 3.05) is 17.7 Å². The van der Waals surface area contributed by atoms with Crippen molar-refractivity contribution in [3.8, 4) is 17.2 Å². The normalized spacial score (nSPS) is 11.7. The fourth-order valence-corrected chi connectivity index (χ4v) is 2.50. The van der Waals surface area contributed by atoms with Gasteiger partial charge in [-0.05, 0) is 37.3 Å². The van der Waals surface area contributed by atoms with Gasteiger partial charge in [0, 0.05) is 18.2 Å². The molecular weight excluding hydrogens is 332 g/mol. The smallest absolute Gasteiger partial charge is 0.247 e. The van der Waals surface area contributed by atoms with Gasteiger partial charge in [0.2, 0.25) is 17.7 Å². The Labute approximate surface area is 151 Å². The molecule has 0 radical (unpaired) electrons. The van der Waals surface area contributed by atoms with Crippen LogP contribution in [0.4, 0.5) is 11.4 Å². The maximum Gasteiger partial charge on any atom is 0.247 e. The summed E-state index contributed by atoms with van der Waals surface area (Å²) in [4.78, 5) is 11.3. The highest BCUT2D eigenvalue weighted by molar-refractivity contribution is 5.89. The fraction of sp³-hybridized carbons (Fsp3) is 0.211.